The van der Waals surface area contributed by atoms with Crippen LogP contribution in [0.2, 0.25) is 5.15 Å². The van der Waals surface area contributed by atoms with Crippen LogP contribution in [0.3, 0.4) is 0 Å². The molecule has 0 aliphatic rings. The van der Waals surface area contributed by atoms with Gasteiger partial charge in [0.2, 0.25) is 0 Å². The first kappa shape index (κ1) is 16.5. The smallest absolute Gasteiger partial charge is 0.262 e. The van der Waals surface area contributed by atoms with E-state index in [1.807, 2.05) is 48.5 Å². The van der Waals surface area contributed by atoms with Crippen molar-refractivity contribution in [3.8, 4) is 0 Å². The highest BCUT2D eigenvalue weighted by Gasteiger charge is 2.25. The second-order valence-electron chi connectivity index (χ2n) is 5.15. The van der Waals surface area contributed by atoms with Gasteiger partial charge in [-0.25, -0.2) is 13.4 Å². The molecule has 1 heterocycles. The summed E-state index contributed by atoms with van der Waals surface area (Å²) >= 11 is 5.77. The SMILES string of the molecule is O=S(=O)(c1ccc(Cl)nc1)N(Cc1ccccc1)c1ccccc1. The van der Waals surface area contributed by atoms with Gasteiger partial charge in [-0.2, -0.15) is 0 Å². The van der Waals surface area contributed by atoms with Crippen LogP contribution in [-0.4, -0.2) is 13.4 Å². The Labute approximate surface area is 146 Å². The summed E-state index contributed by atoms with van der Waals surface area (Å²) in [4.78, 5) is 3.99. The molecule has 0 amide bonds. The number of rotatable bonds is 5. The van der Waals surface area contributed by atoms with E-state index in [2.05, 4.69) is 4.98 Å². The van der Waals surface area contributed by atoms with Gasteiger partial charge < -0.3 is 0 Å². The zero-order chi connectivity index (χ0) is 17.0. The van der Waals surface area contributed by atoms with Crippen LogP contribution < -0.4 is 4.31 Å². The number of hydrogen-bond donors (Lipinski definition) is 0. The summed E-state index contributed by atoms with van der Waals surface area (Å²) in [5.74, 6) is 0. The van der Waals surface area contributed by atoms with E-state index in [0.29, 0.717) is 5.69 Å². The number of halogens is 1. The predicted molar refractivity (Wildman–Crippen MR) is 95.5 cm³/mol. The Kier molecular flexibility index (Phi) is 4.83. The quantitative estimate of drug-likeness (QED) is 0.644. The van der Waals surface area contributed by atoms with E-state index < -0.39 is 10.0 Å². The molecule has 3 rings (SSSR count). The Hall–Kier alpha value is -2.37. The molecule has 0 saturated heterocycles. The molecule has 0 spiro atoms. The van der Waals surface area contributed by atoms with E-state index >= 15 is 0 Å². The predicted octanol–water partition coefficient (Wildman–Crippen LogP) is 4.13. The summed E-state index contributed by atoms with van der Waals surface area (Å²) in [6, 6.07) is 21.4. The summed E-state index contributed by atoms with van der Waals surface area (Å²) in [6.07, 6.45) is 1.28. The fourth-order valence-electron chi connectivity index (χ4n) is 2.30. The lowest BCUT2D eigenvalue weighted by atomic mass is 10.2. The molecule has 0 saturated carbocycles. The maximum Gasteiger partial charge on any atom is 0.266 e. The number of hydrogen-bond acceptors (Lipinski definition) is 3. The van der Waals surface area contributed by atoms with Crippen LogP contribution in [0.1, 0.15) is 5.56 Å². The van der Waals surface area contributed by atoms with Gasteiger partial charge in [0.05, 0.1) is 12.2 Å². The normalized spacial score (nSPS) is 11.2. The van der Waals surface area contributed by atoms with E-state index in [1.54, 1.807) is 12.1 Å². The topological polar surface area (TPSA) is 50.3 Å². The van der Waals surface area contributed by atoms with Crippen LogP contribution in [0.5, 0.6) is 0 Å². The molecular weight excluding hydrogens is 344 g/mol. The molecule has 2 aromatic carbocycles. The summed E-state index contributed by atoms with van der Waals surface area (Å²) < 4.78 is 27.6. The third kappa shape index (κ3) is 3.58. The first-order valence-corrected chi connectivity index (χ1v) is 9.12. The molecule has 0 atom stereocenters. The maximum atomic E-state index is 13.1. The highest BCUT2D eigenvalue weighted by atomic mass is 35.5. The van der Waals surface area contributed by atoms with Crippen molar-refractivity contribution < 1.29 is 8.42 Å². The minimum Gasteiger partial charge on any atom is -0.262 e. The minimum absolute atomic E-state index is 0.103. The zero-order valence-corrected chi connectivity index (χ0v) is 14.3. The van der Waals surface area contributed by atoms with Gasteiger partial charge in [-0.3, -0.25) is 4.31 Å². The molecule has 0 unspecified atom stereocenters. The van der Waals surface area contributed by atoms with Crippen molar-refractivity contribution in [3.05, 3.63) is 89.7 Å². The van der Waals surface area contributed by atoms with Gasteiger partial charge in [-0.1, -0.05) is 60.1 Å². The second kappa shape index (κ2) is 7.03. The molecule has 4 nitrogen and oxygen atoms in total. The number of sulfonamides is 1. The Morgan fingerprint density at radius 2 is 1.50 bits per heavy atom. The van der Waals surface area contributed by atoms with Crippen LogP contribution in [0.4, 0.5) is 5.69 Å². The lowest BCUT2D eigenvalue weighted by Gasteiger charge is -2.24. The average molecular weight is 359 g/mol. The molecule has 0 aliphatic carbocycles. The first-order valence-electron chi connectivity index (χ1n) is 7.30. The van der Waals surface area contributed by atoms with Crippen LogP contribution >= 0.6 is 11.6 Å². The van der Waals surface area contributed by atoms with Crippen LogP contribution in [0.25, 0.3) is 0 Å². The van der Waals surface area contributed by atoms with Crippen LogP contribution in [0, 0.1) is 0 Å². The minimum atomic E-state index is -3.76. The van der Waals surface area contributed by atoms with E-state index in [4.69, 9.17) is 11.6 Å². The maximum absolute atomic E-state index is 13.1. The Morgan fingerprint density at radius 3 is 2.08 bits per heavy atom. The number of aromatic nitrogens is 1. The monoisotopic (exact) mass is 358 g/mol. The average Bonchev–Trinajstić information content (AvgIpc) is 2.61. The van der Waals surface area contributed by atoms with Crippen molar-refractivity contribution in [2.24, 2.45) is 0 Å². The summed E-state index contributed by atoms with van der Waals surface area (Å²) in [6.45, 7) is 0.232. The zero-order valence-electron chi connectivity index (χ0n) is 12.7. The second-order valence-corrected chi connectivity index (χ2v) is 7.40. The Balaban J connectivity index is 2.05. The molecule has 3 aromatic rings. The number of pyridine rings is 1. The first-order chi connectivity index (χ1) is 11.6. The molecule has 6 heteroatoms. The summed E-state index contributed by atoms with van der Waals surface area (Å²) in [5.41, 5.74) is 1.49. The number of para-hydroxylation sites is 1. The van der Waals surface area contributed by atoms with Crippen LogP contribution in [0.15, 0.2) is 83.9 Å². The van der Waals surface area contributed by atoms with Gasteiger partial charge in [0, 0.05) is 6.20 Å². The molecule has 0 N–H and O–H groups in total. The molecule has 1 aromatic heterocycles. The van der Waals surface area contributed by atoms with Gasteiger partial charge in [0.1, 0.15) is 10.0 Å². The van der Waals surface area contributed by atoms with Gasteiger partial charge in [-0.05, 0) is 29.8 Å². The fraction of sp³-hybridized carbons (Fsp3) is 0.0556. The molecule has 0 aliphatic heterocycles. The van der Waals surface area contributed by atoms with Crippen molar-refractivity contribution in [2.75, 3.05) is 4.31 Å². The molecule has 0 radical (unpaired) electrons. The number of anilines is 1. The molecular formula is C18H15ClN2O2S. The van der Waals surface area contributed by atoms with Gasteiger partial charge in [-0.15, -0.1) is 0 Å². The van der Waals surface area contributed by atoms with Crippen molar-refractivity contribution in [2.45, 2.75) is 11.4 Å². The molecule has 122 valence electrons. The van der Waals surface area contributed by atoms with Gasteiger partial charge in [0.15, 0.2) is 0 Å². The van der Waals surface area contributed by atoms with Gasteiger partial charge in [0.25, 0.3) is 10.0 Å². The molecule has 0 bridgehead atoms. The summed E-state index contributed by atoms with van der Waals surface area (Å²) in [7, 11) is -3.76. The van der Waals surface area contributed by atoms with Crippen molar-refractivity contribution in [1.82, 2.24) is 4.98 Å². The lowest BCUT2D eigenvalue weighted by Crippen LogP contribution is -2.30. The fourth-order valence-corrected chi connectivity index (χ4v) is 3.81. The van der Waals surface area contributed by atoms with E-state index in [0.717, 1.165) is 5.56 Å². The standard InChI is InChI=1S/C18H15ClN2O2S/c19-18-12-11-17(13-20-18)24(22,23)21(16-9-5-2-6-10-16)14-15-7-3-1-4-8-15/h1-13H,14H2. The van der Waals surface area contributed by atoms with Crippen molar-refractivity contribution in [3.63, 3.8) is 0 Å². The third-order valence-electron chi connectivity index (χ3n) is 3.50. The molecule has 24 heavy (non-hydrogen) atoms. The number of nitrogens with zero attached hydrogens (tertiary/aromatic N) is 2. The molecule has 0 fully saturated rings. The highest BCUT2D eigenvalue weighted by molar-refractivity contribution is 7.92. The van der Waals surface area contributed by atoms with Crippen molar-refractivity contribution >= 4 is 27.3 Å². The third-order valence-corrected chi connectivity index (χ3v) is 5.48. The number of benzene rings is 2. The van der Waals surface area contributed by atoms with E-state index in [-0.39, 0.29) is 16.6 Å². The largest absolute Gasteiger partial charge is 0.266 e. The Bertz CT molecular complexity index is 899. The van der Waals surface area contributed by atoms with Crippen LogP contribution in [-0.2, 0) is 16.6 Å². The van der Waals surface area contributed by atoms with Gasteiger partial charge >= 0.3 is 0 Å². The highest BCUT2D eigenvalue weighted by Crippen LogP contribution is 2.25. The van der Waals surface area contributed by atoms with E-state index in [1.165, 1.54) is 22.6 Å². The van der Waals surface area contributed by atoms with E-state index in [9.17, 15) is 8.42 Å². The lowest BCUT2D eigenvalue weighted by molar-refractivity contribution is 0.590. The summed E-state index contributed by atoms with van der Waals surface area (Å²) in [5, 5.41) is 0.253. The Morgan fingerprint density at radius 1 is 0.875 bits per heavy atom. The van der Waals surface area contributed by atoms with Crippen molar-refractivity contribution in [1.29, 1.82) is 0 Å².